The van der Waals surface area contributed by atoms with Crippen LogP contribution in [0, 0.1) is 0 Å². The number of aromatic nitrogens is 1. The Morgan fingerprint density at radius 3 is 2.56 bits per heavy atom. The second kappa shape index (κ2) is 5.06. The molecule has 0 fully saturated rings. The van der Waals surface area contributed by atoms with Crippen LogP contribution in [0.15, 0.2) is 23.2 Å². The Balaban J connectivity index is 2.88. The summed E-state index contributed by atoms with van der Waals surface area (Å²) in [4.78, 5) is 2.90. The number of hydrogen-bond acceptors (Lipinski definition) is 4. The van der Waals surface area contributed by atoms with Crippen molar-refractivity contribution < 1.29 is 26.0 Å². The lowest BCUT2D eigenvalue weighted by Gasteiger charge is -2.16. The Labute approximate surface area is 100 Å². The normalized spacial score (nSPS) is 12.9. The Kier molecular flexibility index (Phi) is 4.12. The molecule has 0 aliphatic heterocycles. The van der Waals surface area contributed by atoms with Crippen molar-refractivity contribution in [3.8, 4) is 0 Å². The van der Waals surface area contributed by atoms with Gasteiger partial charge in [0.1, 0.15) is 10.7 Å². The number of nitrogen functional groups attached to an aromatic ring is 1. The summed E-state index contributed by atoms with van der Waals surface area (Å²) in [5, 5.41) is 0. The third kappa shape index (κ3) is 3.29. The molecule has 0 aromatic carbocycles. The number of pyridine rings is 1. The maximum atomic E-state index is 12.6. The highest BCUT2D eigenvalue weighted by molar-refractivity contribution is 7.89. The summed E-state index contributed by atoms with van der Waals surface area (Å²) >= 11 is 0. The van der Waals surface area contributed by atoms with E-state index < -0.39 is 39.6 Å². The molecule has 0 unspecified atom stereocenters. The molecule has 0 aliphatic carbocycles. The van der Waals surface area contributed by atoms with Crippen LogP contribution in [0.2, 0.25) is 0 Å². The van der Waals surface area contributed by atoms with Crippen LogP contribution in [0.4, 0.5) is 23.4 Å². The largest absolute Gasteiger partial charge is 0.383 e. The Morgan fingerprint density at radius 2 is 2.06 bits per heavy atom. The van der Waals surface area contributed by atoms with Crippen LogP contribution in [0.5, 0.6) is 0 Å². The van der Waals surface area contributed by atoms with Crippen LogP contribution in [0.3, 0.4) is 0 Å². The fourth-order valence-corrected chi connectivity index (χ4v) is 2.10. The van der Waals surface area contributed by atoms with Gasteiger partial charge in [0.25, 0.3) is 0 Å². The first kappa shape index (κ1) is 14.6. The highest BCUT2D eigenvalue weighted by atomic mass is 32.2. The molecule has 0 bridgehead atoms. The van der Waals surface area contributed by atoms with Crippen molar-refractivity contribution in [2.24, 2.45) is 0 Å². The fraction of sp³-hybridized carbons (Fsp3) is 0.375. The quantitative estimate of drug-likeness (QED) is 0.786. The van der Waals surface area contributed by atoms with E-state index in [-0.39, 0.29) is 0 Å². The van der Waals surface area contributed by atoms with Gasteiger partial charge in [0.05, 0.1) is 6.54 Å². The summed E-state index contributed by atoms with van der Waals surface area (Å²) in [5.41, 5.74) is 5.24. The molecule has 1 heterocycles. The smallest absolute Gasteiger partial charge is 0.320 e. The van der Waals surface area contributed by atoms with Crippen LogP contribution in [-0.2, 0) is 10.0 Å². The van der Waals surface area contributed by atoms with Gasteiger partial charge in [-0.25, -0.2) is 26.9 Å². The predicted molar refractivity (Wildman–Crippen MR) is 54.8 cm³/mol. The van der Waals surface area contributed by atoms with Crippen LogP contribution in [0.25, 0.3) is 0 Å². The molecule has 1 rings (SSSR count). The number of nitrogens with one attached hydrogen (secondary N) is 1. The number of sulfonamides is 1. The minimum absolute atomic E-state index is 0.412. The molecule has 10 heteroatoms. The molecule has 0 radical (unpaired) electrons. The highest BCUT2D eigenvalue weighted by Gasteiger charge is 2.41. The van der Waals surface area contributed by atoms with E-state index in [9.17, 15) is 26.0 Å². The summed E-state index contributed by atoms with van der Waals surface area (Å²) in [6.07, 6.45) is -2.77. The summed E-state index contributed by atoms with van der Waals surface area (Å²) in [6.45, 7) is -1.72. The lowest BCUT2D eigenvalue weighted by atomic mass is 10.4. The van der Waals surface area contributed by atoms with Crippen LogP contribution >= 0.6 is 0 Å². The molecule has 0 aliphatic rings. The van der Waals surface area contributed by atoms with E-state index in [1.807, 2.05) is 0 Å². The van der Waals surface area contributed by atoms with Crippen molar-refractivity contribution in [2.45, 2.75) is 17.2 Å². The Morgan fingerprint density at radius 1 is 1.44 bits per heavy atom. The molecule has 1 aromatic heterocycles. The topological polar surface area (TPSA) is 85.1 Å². The molecule has 102 valence electrons. The standard InChI is InChI=1S/C8H9F4N3O2S/c9-7(10)8(11,12)4-15-18(16,17)5-2-1-3-14-6(5)13/h1-3,7,15H,4H2,(H2,13,14). The van der Waals surface area contributed by atoms with Gasteiger partial charge in [0.2, 0.25) is 10.0 Å². The van der Waals surface area contributed by atoms with Crippen molar-refractivity contribution in [3.05, 3.63) is 18.3 Å². The van der Waals surface area contributed by atoms with Crippen molar-refractivity contribution in [1.82, 2.24) is 9.71 Å². The number of nitrogens with two attached hydrogens (primary N) is 1. The summed E-state index contributed by atoms with van der Waals surface area (Å²) < 4.78 is 73.2. The first-order valence-corrected chi connectivity index (χ1v) is 6.01. The predicted octanol–water partition coefficient (Wildman–Crippen LogP) is 0.843. The van der Waals surface area contributed by atoms with Crippen LogP contribution in [0.1, 0.15) is 0 Å². The molecular formula is C8H9F4N3O2S. The number of alkyl halides is 4. The van der Waals surface area contributed by atoms with Crippen LogP contribution in [-0.4, -0.2) is 32.3 Å². The van der Waals surface area contributed by atoms with Gasteiger partial charge >= 0.3 is 12.3 Å². The lowest BCUT2D eigenvalue weighted by Crippen LogP contribution is -2.41. The second-order valence-electron chi connectivity index (χ2n) is 3.27. The first-order valence-electron chi connectivity index (χ1n) is 4.53. The molecule has 3 N–H and O–H groups in total. The van der Waals surface area contributed by atoms with E-state index in [1.165, 1.54) is 17.0 Å². The van der Waals surface area contributed by atoms with Gasteiger partial charge in [0.15, 0.2) is 0 Å². The molecule has 0 saturated heterocycles. The van der Waals surface area contributed by atoms with E-state index in [4.69, 9.17) is 5.73 Å². The van der Waals surface area contributed by atoms with Crippen molar-refractivity contribution in [2.75, 3.05) is 12.3 Å². The molecule has 18 heavy (non-hydrogen) atoms. The summed E-state index contributed by atoms with van der Waals surface area (Å²) in [6, 6.07) is 2.24. The zero-order valence-corrected chi connectivity index (χ0v) is 9.59. The summed E-state index contributed by atoms with van der Waals surface area (Å²) in [7, 11) is -4.41. The minimum atomic E-state index is -4.45. The Hall–Kier alpha value is -1.42. The third-order valence-corrected chi connectivity index (χ3v) is 3.36. The third-order valence-electron chi connectivity index (χ3n) is 1.91. The van der Waals surface area contributed by atoms with Gasteiger partial charge in [-0.15, -0.1) is 0 Å². The van der Waals surface area contributed by atoms with Gasteiger partial charge in [-0.2, -0.15) is 8.78 Å². The maximum absolute atomic E-state index is 12.6. The van der Waals surface area contributed by atoms with Gasteiger partial charge in [-0.1, -0.05) is 0 Å². The monoisotopic (exact) mass is 287 g/mol. The number of hydrogen-bond donors (Lipinski definition) is 2. The molecule has 0 atom stereocenters. The fourth-order valence-electron chi connectivity index (χ4n) is 0.976. The van der Waals surface area contributed by atoms with E-state index in [0.29, 0.717) is 0 Å². The van der Waals surface area contributed by atoms with Gasteiger partial charge in [0, 0.05) is 6.20 Å². The van der Waals surface area contributed by atoms with E-state index in [2.05, 4.69) is 4.98 Å². The molecule has 1 aromatic rings. The zero-order chi connectivity index (χ0) is 14.0. The maximum Gasteiger partial charge on any atom is 0.320 e. The number of rotatable bonds is 5. The molecule has 5 nitrogen and oxygen atoms in total. The molecule has 0 spiro atoms. The van der Waals surface area contributed by atoms with Gasteiger partial charge in [-0.3, -0.25) is 0 Å². The Bertz CT molecular complexity index is 521. The molecule has 0 amide bonds. The van der Waals surface area contributed by atoms with Crippen molar-refractivity contribution in [1.29, 1.82) is 0 Å². The highest BCUT2D eigenvalue weighted by Crippen LogP contribution is 2.23. The van der Waals surface area contributed by atoms with E-state index in [0.717, 1.165) is 6.07 Å². The second-order valence-corrected chi connectivity index (χ2v) is 5.01. The van der Waals surface area contributed by atoms with Gasteiger partial charge < -0.3 is 5.73 Å². The van der Waals surface area contributed by atoms with E-state index >= 15 is 0 Å². The number of anilines is 1. The van der Waals surface area contributed by atoms with Gasteiger partial charge in [-0.05, 0) is 12.1 Å². The minimum Gasteiger partial charge on any atom is -0.383 e. The van der Waals surface area contributed by atoms with E-state index in [1.54, 1.807) is 0 Å². The number of halogens is 4. The summed E-state index contributed by atoms with van der Waals surface area (Å²) in [5.74, 6) is -4.87. The molecular weight excluding hydrogens is 278 g/mol. The number of nitrogens with zero attached hydrogens (tertiary/aromatic N) is 1. The van der Waals surface area contributed by atoms with Crippen molar-refractivity contribution >= 4 is 15.8 Å². The van der Waals surface area contributed by atoms with Crippen molar-refractivity contribution in [3.63, 3.8) is 0 Å². The molecule has 0 saturated carbocycles. The SMILES string of the molecule is Nc1ncccc1S(=O)(=O)NCC(F)(F)C(F)F. The lowest BCUT2D eigenvalue weighted by molar-refractivity contribution is -0.122. The average molecular weight is 287 g/mol. The first-order chi connectivity index (χ1) is 8.17. The van der Waals surface area contributed by atoms with Crippen LogP contribution < -0.4 is 10.5 Å². The average Bonchev–Trinajstić information content (AvgIpc) is 2.27. The zero-order valence-electron chi connectivity index (χ0n) is 8.78.